The van der Waals surface area contributed by atoms with Gasteiger partial charge in [0.1, 0.15) is 11.6 Å². The van der Waals surface area contributed by atoms with Gasteiger partial charge >= 0.3 is 6.18 Å². The van der Waals surface area contributed by atoms with E-state index < -0.39 is 11.7 Å². The van der Waals surface area contributed by atoms with Crippen LogP contribution in [0.25, 0.3) is 22.2 Å². The highest BCUT2D eigenvalue weighted by molar-refractivity contribution is 7.78. The Morgan fingerprint density at radius 1 is 1.07 bits per heavy atom. The molecule has 0 aliphatic heterocycles. The molecule has 1 aromatic heterocycles. The molecule has 1 aliphatic rings. The van der Waals surface area contributed by atoms with Gasteiger partial charge < -0.3 is 14.4 Å². The van der Waals surface area contributed by atoms with Gasteiger partial charge in [-0.3, -0.25) is 9.52 Å². The number of imidazole rings is 1. The molecule has 0 spiro atoms. The topological polar surface area (TPSA) is 76.4 Å². The molecule has 4 aromatic rings. The maximum atomic E-state index is 12.8. The Hall–Kier alpha value is -3.50. The number of rotatable bonds is 5. The van der Waals surface area contributed by atoms with E-state index in [9.17, 15) is 13.2 Å². The molecule has 1 fully saturated rings. The van der Waals surface area contributed by atoms with Crippen molar-refractivity contribution in [2.24, 2.45) is 13.0 Å². The van der Waals surface area contributed by atoms with Gasteiger partial charge in [0, 0.05) is 7.05 Å². The predicted molar refractivity (Wildman–Crippen MR) is 159 cm³/mol. The number of carboxylic acid groups (broad SMARTS) is 1. The molecule has 2 unspecified atom stereocenters. The largest absolute Gasteiger partial charge is 0.493 e. The lowest BCUT2D eigenvalue weighted by Crippen LogP contribution is -2.20. The average Bonchev–Trinajstić information content (AvgIpc) is 3.25. The van der Waals surface area contributed by atoms with Crippen LogP contribution in [0.4, 0.5) is 13.2 Å². The highest BCUT2D eigenvalue weighted by atomic mass is 32.1. The van der Waals surface area contributed by atoms with Gasteiger partial charge in [-0.2, -0.15) is 13.2 Å². The molecule has 0 bridgehead atoms. The molecule has 2 N–H and O–H groups in total. The number of aromatic nitrogens is 2. The summed E-state index contributed by atoms with van der Waals surface area (Å²) in [4.78, 5) is 13.0. The van der Waals surface area contributed by atoms with Crippen LogP contribution in [-0.2, 0) is 18.0 Å². The zero-order valence-corrected chi connectivity index (χ0v) is 24.3. The van der Waals surface area contributed by atoms with Crippen LogP contribution in [0.1, 0.15) is 48.6 Å². The maximum absolute atomic E-state index is 12.8. The predicted octanol–water partition coefficient (Wildman–Crippen LogP) is 7.67. The van der Waals surface area contributed by atoms with Crippen molar-refractivity contribution in [1.29, 1.82) is 0 Å². The standard InChI is InChI=1S/C29H29F3N2O.CH5NS.CH2O2/c1-19-33-27-17-24(10-15-28(27)34(19)2)22-8-6-21(7-9-22)23-5-3-4-20(16-23)18-35-26-13-11-25(12-14-26)29(30,31)32;1-2-3;2-1-3/h6-15,17,20,23H,3-5,16,18H2,1-2H3;2-3H,1H3;1H,(H,2,3). The second-order valence-corrected chi connectivity index (χ2v) is 10.4. The van der Waals surface area contributed by atoms with E-state index in [1.165, 1.54) is 23.3 Å². The molecule has 41 heavy (non-hydrogen) atoms. The van der Waals surface area contributed by atoms with Crippen LogP contribution >= 0.6 is 12.8 Å². The fourth-order valence-corrected chi connectivity index (χ4v) is 5.15. The lowest BCUT2D eigenvalue weighted by atomic mass is 9.78. The summed E-state index contributed by atoms with van der Waals surface area (Å²) >= 11 is 3.54. The van der Waals surface area contributed by atoms with Gasteiger partial charge in [-0.05, 0) is 98.2 Å². The summed E-state index contributed by atoms with van der Waals surface area (Å²) in [5.74, 6) is 2.36. The van der Waals surface area contributed by atoms with E-state index in [1.54, 1.807) is 7.05 Å². The summed E-state index contributed by atoms with van der Waals surface area (Å²) in [7, 11) is 3.77. The fraction of sp³-hybridized carbons (Fsp3) is 0.355. The molecule has 0 saturated heterocycles. The van der Waals surface area contributed by atoms with E-state index in [2.05, 4.69) is 69.6 Å². The van der Waals surface area contributed by atoms with Gasteiger partial charge in [-0.15, -0.1) is 0 Å². The first kappa shape index (κ1) is 32.0. The molecule has 0 amide bonds. The van der Waals surface area contributed by atoms with E-state index in [4.69, 9.17) is 14.6 Å². The first-order chi connectivity index (χ1) is 19.6. The van der Waals surface area contributed by atoms with E-state index in [-0.39, 0.29) is 6.47 Å². The van der Waals surface area contributed by atoms with Gasteiger partial charge in [0.25, 0.3) is 6.47 Å². The first-order valence-corrected chi connectivity index (χ1v) is 13.8. The Morgan fingerprint density at radius 3 is 2.29 bits per heavy atom. The van der Waals surface area contributed by atoms with Crippen molar-refractivity contribution < 1.29 is 27.8 Å². The molecule has 1 aliphatic carbocycles. The van der Waals surface area contributed by atoms with Crippen molar-refractivity contribution in [1.82, 2.24) is 14.3 Å². The van der Waals surface area contributed by atoms with Gasteiger partial charge in [0.05, 0.1) is 23.2 Å². The molecule has 10 heteroatoms. The Balaban J connectivity index is 0.000000710. The van der Waals surface area contributed by atoms with Gasteiger partial charge in [0.15, 0.2) is 0 Å². The highest BCUT2D eigenvalue weighted by Gasteiger charge is 2.30. The van der Waals surface area contributed by atoms with Gasteiger partial charge in [-0.25, -0.2) is 4.98 Å². The molecule has 3 aromatic carbocycles. The Kier molecular flexibility index (Phi) is 11.7. The number of carbonyl (C=O) groups is 1. The lowest BCUT2D eigenvalue weighted by Gasteiger charge is -2.29. The monoisotopic (exact) mass is 587 g/mol. The first-order valence-electron chi connectivity index (χ1n) is 13.3. The molecule has 0 radical (unpaired) electrons. The van der Waals surface area contributed by atoms with Crippen LogP contribution in [0.3, 0.4) is 0 Å². The minimum atomic E-state index is -4.32. The molecule has 6 nitrogen and oxygen atoms in total. The SMILES string of the molecule is CNS.Cc1nc2cc(-c3ccc(C4CCCC(COc5ccc(C(F)(F)F)cc5)C4)cc3)ccc2n1C.O=CO. The fourth-order valence-electron chi connectivity index (χ4n) is 5.15. The van der Waals surface area contributed by atoms with Crippen LogP contribution in [-0.4, -0.2) is 34.8 Å². The van der Waals surface area contributed by atoms with Crippen LogP contribution < -0.4 is 9.46 Å². The third-order valence-electron chi connectivity index (χ3n) is 7.27. The molecule has 1 heterocycles. The molecule has 2 atom stereocenters. The number of alkyl halides is 3. The summed E-state index contributed by atoms with van der Waals surface area (Å²) in [6, 6.07) is 20.2. The van der Waals surface area contributed by atoms with E-state index in [0.29, 0.717) is 24.2 Å². The van der Waals surface area contributed by atoms with Crippen molar-refractivity contribution >= 4 is 30.3 Å². The lowest BCUT2D eigenvalue weighted by molar-refractivity contribution is -0.137. The number of hydrogen-bond acceptors (Lipinski definition) is 5. The second-order valence-electron chi connectivity index (χ2n) is 9.94. The Bertz CT molecular complexity index is 1390. The minimum absolute atomic E-state index is 0.250. The molecule has 5 rings (SSSR count). The summed E-state index contributed by atoms with van der Waals surface area (Å²) in [6.07, 6.45) is 0.0607. The average molecular weight is 588 g/mol. The normalized spacial score (nSPS) is 16.7. The number of aryl methyl sites for hydroxylation is 2. The second kappa shape index (κ2) is 14.9. The number of benzene rings is 3. The number of fused-ring (bicyclic) bond motifs is 1. The van der Waals surface area contributed by atoms with Crippen LogP contribution in [0.5, 0.6) is 5.75 Å². The number of halogens is 3. The maximum Gasteiger partial charge on any atom is 0.416 e. The van der Waals surface area contributed by atoms with E-state index >= 15 is 0 Å². The number of thiol groups is 1. The number of nitrogens with one attached hydrogen (secondary N) is 1. The minimum Gasteiger partial charge on any atom is -0.493 e. The summed E-state index contributed by atoms with van der Waals surface area (Å²) in [6.45, 7) is 2.30. The summed E-state index contributed by atoms with van der Waals surface area (Å²) in [5, 5.41) is 6.89. The van der Waals surface area contributed by atoms with Crippen LogP contribution in [0.2, 0.25) is 0 Å². The molecular weight excluding hydrogens is 551 g/mol. The number of ether oxygens (including phenoxy) is 1. The van der Waals surface area contributed by atoms with E-state index in [1.807, 2.05) is 14.0 Å². The van der Waals surface area contributed by atoms with Crippen molar-refractivity contribution in [3.63, 3.8) is 0 Å². The van der Waals surface area contributed by atoms with Crippen molar-refractivity contribution in [2.75, 3.05) is 13.7 Å². The molecule has 220 valence electrons. The zero-order chi connectivity index (χ0) is 30.0. The van der Waals surface area contributed by atoms with Crippen molar-refractivity contribution in [2.45, 2.75) is 44.7 Å². The number of hydrogen-bond donors (Lipinski definition) is 3. The van der Waals surface area contributed by atoms with Crippen molar-refractivity contribution in [3.8, 4) is 16.9 Å². The van der Waals surface area contributed by atoms with Crippen LogP contribution in [0, 0.1) is 12.8 Å². The smallest absolute Gasteiger partial charge is 0.416 e. The number of nitrogens with zero attached hydrogens (tertiary/aromatic N) is 2. The van der Waals surface area contributed by atoms with Crippen LogP contribution in [0.15, 0.2) is 66.7 Å². The summed E-state index contributed by atoms with van der Waals surface area (Å²) in [5.41, 5.74) is 5.17. The van der Waals surface area contributed by atoms with Crippen molar-refractivity contribution in [3.05, 3.63) is 83.7 Å². The third kappa shape index (κ3) is 8.74. The highest BCUT2D eigenvalue weighted by Crippen LogP contribution is 2.37. The summed E-state index contributed by atoms with van der Waals surface area (Å²) < 4.78 is 48.7. The molecular formula is C31H36F3N3O3S. The third-order valence-corrected chi connectivity index (χ3v) is 7.27. The van der Waals surface area contributed by atoms with E-state index in [0.717, 1.165) is 60.2 Å². The zero-order valence-electron chi connectivity index (χ0n) is 23.4. The van der Waals surface area contributed by atoms with Gasteiger partial charge in [-0.1, -0.05) is 49.6 Å². The van der Waals surface area contributed by atoms with Gasteiger partial charge in [0.2, 0.25) is 0 Å². The quantitative estimate of drug-likeness (QED) is 0.165. The molecule has 1 saturated carbocycles. The Morgan fingerprint density at radius 2 is 1.68 bits per heavy atom. The Labute approximate surface area is 244 Å².